The summed E-state index contributed by atoms with van der Waals surface area (Å²) in [7, 11) is 0. The molecule has 0 radical (unpaired) electrons. The summed E-state index contributed by atoms with van der Waals surface area (Å²) in [6.45, 7) is 15.0. The first kappa shape index (κ1) is 43.6. The van der Waals surface area contributed by atoms with Crippen LogP contribution < -0.4 is 0 Å². The van der Waals surface area contributed by atoms with E-state index in [2.05, 4.69) is 114 Å². The summed E-state index contributed by atoms with van der Waals surface area (Å²) in [6, 6.07) is 37.2. The van der Waals surface area contributed by atoms with Gasteiger partial charge in [0.05, 0.1) is 45.6 Å². The van der Waals surface area contributed by atoms with Crippen molar-refractivity contribution in [3.05, 3.63) is 161 Å². The highest BCUT2D eigenvalue weighted by atomic mass is 15.1. The highest BCUT2D eigenvalue weighted by molar-refractivity contribution is 6.12. The quantitative estimate of drug-likeness (QED) is 0.146. The van der Waals surface area contributed by atoms with Crippen LogP contribution in [0, 0.1) is 66.7 Å². The van der Waals surface area contributed by atoms with Gasteiger partial charge in [0.25, 0.3) is 0 Å². The van der Waals surface area contributed by atoms with Crippen molar-refractivity contribution in [1.82, 2.24) is 73.9 Å². The van der Waals surface area contributed by atoms with Crippen LogP contribution in [0.1, 0.15) is 52.2 Å². The first-order valence-electron chi connectivity index (χ1n) is 23.3. The lowest BCUT2D eigenvalue weighted by atomic mass is 10.0. The third-order valence-electron chi connectivity index (χ3n) is 12.7. The van der Waals surface area contributed by atoms with Crippen LogP contribution >= 0.6 is 0 Å². The molecule has 0 aliphatic carbocycles. The molecule has 0 fully saturated rings. The lowest BCUT2D eigenvalue weighted by Gasteiger charge is -2.17. The molecule has 12 rings (SSSR count). The maximum absolute atomic E-state index is 9.97. The highest BCUT2D eigenvalue weighted by Gasteiger charge is 2.23. The van der Waals surface area contributed by atoms with Crippen molar-refractivity contribution in [2.45, 2.75) is 55.4 Å². The largest absolute Gasteiger partial charge is 0.307 e. The zero-order valence-electron chi connectivity index (χ0n) is 40.5. The first-order valence-corrected chi connectivity index (χ1v) is 23.3. The fraction of sp³-hybridized carbons (Fsp3) is 0.143. The number of pyridine rings is 1. The van der Waals surface area contributed by atoms with Gasteiger partial charge in [-0.3, -0.25) is 4.57 Å². The zero-order valence-corrected chi connectivity index (χ0v) is 40.5. The van der Waals surface area contributed by atoms with Crippen LogP contribution in [0.15, 0.2) is 109 Å². The van der Waals surface area contributed by atoms with Crippen molar-refractivity contribution in [2.75, 3.05) is 0 Å². The Labute approximate surface area is 412 Å². The van der Waals surface area contributed by atoms with Gasteiger partial charge in [0.15, 0.2) is 23.3 Å². The molecular weight excluding hydrogens is 897 g/mol. The molecule has 0 N–H and O–H groups in total. The number of nitrogens with zero attached hydrogens (tertiary/aromatic N) is 16. The number of hydrogen-bond acceptors (Lipinski definition) is 14. The Morgan fingerprint density at radius 3 is 0.972 bits per heavy atom. The molecule has 346 valence electrons. The van der Waals surface area contributed by atoms with Crippen LogP contribution in [-0.2, 0) is 0 Å². The minimum Gasteiger partial charge on any atom is -0.307 e. The molecule has 0 saturated heterocycles. The van der Waals surface area contributed by atoms with Gasteiger partial charge in [-0.05, 0) is 103 Å². The second-order valence-corrected chi connectivity index (χ2v) is 17.9. The third-order valence-corrected chi connectivity index (χ3v) is 12.7. The number of hydrogen-bond donors (Lipinski definition) is 0. The lowest BCUT2D eigenvalue weighted by Crippen LogP contribution is -2.04. The SMILES string of the molecule is Cc1nc(C)nc(-c2ccc3c4ccc(-c5nc(C)nc(C)n5)cc4n(-c4cc(-c5ccc(C#N)cc5)c(-n5c6cc(-c7nc(C)nc(C)n7)ccc6c6ccc(-c7nc(C)nc(C)n7)cc65)cn4)c3c2)n1. The number of benzene rings is 5. The Morgan fingerprint density at radius 1 is 0.347 bits per heavy atom. The molecule has 16 heteroatoms. The third kappa shape index (κ3) is 7.60. The van der Waals surface area contributed by atoms with Gasteiger partial charge in [-0.2, -0.15) is 5.26 Å². The lowest BCUT2D eigenvalue weighted by molar-refractivity contribution is 0.928. The van der Waals surface area contributed by atoms with Gasteiger partial charge in [0, 0.05) is 49.4 Å². The molecule has 0 bridgehead atoms. The Hall–Kier alpha value is -9.62. The summed E-state index contributed by atoms with van der Waals surface area (Å²) in [5, 5.41) is 14.0. The van der Waals surface area contributed by atoms with Crippen LogP contribution in [0.5, 0.6) is 0 Å². The molecule has 0 aliphatic rings. The number of nitriles is 1. The minimum atomic E-state index is 0.543. The van der Waals surface area contributed by atoms with E-state index < -0.39 is 0 Å². The molecule has 0 spiro atoms. The Bertz CT molecular complexity index is 3980. The van der Waals surface area contributed by atoms with E-state index in [1.165, 1.54) is 0 Å². The van der Waals surface area contributed by atoms with Crippen LogP contribution in [0.4, 0.5) is 0 Å². The Morgan fingerprint density at radius 2 is 0.653 bits per heavy atom. The number of aryl methyl sites for hydroxylation is 8. The highest BCUT2D eigenvalue weighted by Crippen LogP contribution is 2.41. The normalized spacial score (nSPS) is 11.6. The predicted octanol–water partition coefficient (Wildman–Crippen LogP) is 10.7. The van der Waals surface area contributed by atoms with E-state index in [0.29, 0.717) is 81.3 Å². The van der Waals surface area contributed by atoms with Crippen LogP contribution in [-0.4, -0.2) is 73.9 Å². The molecule has 16 nitrogen and oxygen atoms in total. The van der Waals surface area contributed by atoms with Crippen molar-refractivity contribution in [3.8, 4) is 74.3 Å². The topological polar surface area (TPSA) is 201 Å². The zero-order chi connectivity index (χ0) is 49.5. The molecule has 0 saturated carbocycles. The molecule has 72 heavy (non-hydrogen) atoms. The predicted molar refractivity (Wildman–Crippen MR) is 276 cm³/mol. The van der Waals surface area contributed by atoms with E-state index in [0.717, 1.165) is 82.7 Å². The maximum atomic E-state index is 9.97. The molecule has 0 unspecified atom stereocenters. The summed E-state index contributed by atoms with van der Waals surface area (Å²) in [5.41, 5.74) is 9.97. The molecule has 0 aliphatic heterocycles. The van der Waals surface area contributed by atoms with E-state index in [1.54, 1.807) is 0 Å². The standard InChI is InChI=1S/C56H42N16/c1-28-59-29(2)64-53(63-28)38-13-17-42-43-18-14-39(54-65-30(3)60-31(4)66-54)22-48(43)71(47(42)21-38)51-27-58-52(25-46(51)37-11-9-36(26-57)10-12-37)72-49-23-40(55-67-32(5)61-33(6)68-55)15-19-44(49)45-20-16-41(24-50(45)72)56-69-34(7)62-35(8)70-56/h9-25,27H,1-8H3. The van der Waals surface area contributed by atoms with Gasteiger partial charge in [0.2, 0.25) is 0 Å². The fourth-order valence-electron chi connectivity index (χ4n) is 9.77. The fourth-order valence-corrected chi connectivity index (χ4v) is 9.77. The van der Waals surface area contributed by atoms with Crippen molar-refractivity contribution in [3.63, 3.8) is 0 Å². The summed E-state index contributed by atoms with van der Waals surface area (Å²) in [6.07, 6.45) is 1.93. The Balaban J connectivity index is 1.17. The molecular formula is C56H42N16. The van der Waals surface area contributed by atoms with E-state index in [-0.39, 0.29) is 0 Å². The van der Waals surface area contributed by atoms with E-state index in [9.17, 15) is 5.26 Å². The monoisotopic (exact) mass is 938 g/mol. The van der Waals surface area contributed by atoms with Crippen molar-refractivity contribution in [2.24, 2.45) is 0 Å². The van der Waals surface area contributed by atoms with Crippen LogP contribution in [0.2, 0.25) is 0 Å². The van der Waals surface area contributed by atoms with Crippen molar-refractivity contribution >= 4 is 43.6 Å². The number of rotatable bonds is 7. The van der Waals surface area contributed by atoms with Gasteiger partial charge in [-0.15, -0.1) is 0 Å². The number of aromatic nitrogens is 15. The second-order valence-electron chi connectivity index (χ2n) is 17.9. The maximum Gasteiger partial charge on any atom is 0.163 e. The molecule has 5 aromatic carbocycles. The van der Waals surface area contributed by atoms with Crippen LogP contribution in [0.3, 0.4) is 0 Å². The first-order chi connectivity index (χ1) is 34.8. The van der Waals surface area contributed by atoms with Gasteiger partial charge in [0.1, 0.15) is 52.4 Å². The minimum absolute atomic E-state index is 0.543. The molecule has 12 aromatic rings. The summed E-state index contributed by atoms with van der Waals surface area (Å²) in [4.78, 5) is 61.3. The van der Waals surface area contributed by atoms with Gasteiger partial charge in [-0.25, -0.2) is 64.8 Å². The van der Waals surface area contributed by atoms with E-state index in [1.807, 2.05) is 85.9 Å². The van der Waals surface area contributed by atoms with Gasteiger partial charge in [-0.1, -0.05) is 60.7 Å². The average molecular weight is 939 g/mol. The molecule has 0 atom stereocenters. The van der Waals surface area contributed by atoms with Gasteiger partial charge >= 0.3 is 0 Å². The van der Waals surface area contributed by atoms with Gasteiger partial charge < -0.3 is 4.57 Å². The van der Waals surface area contributed by atoms with E-state index in [4.69, 9.17) is 44.9 Å². The summed E-state index contributed by atoms with van der Waals surface area (Å²) in [5.74, 6) is 8.03. The molecule has 0 amide bonds. The molecule has 7 heterocycles. The van der Waals surface area contributed by atoms with Crippen molar-refractivity contribution in [1.29, 1.82) is 5.26 Å². The van der Waals surface area contributed by atoms with E-state index >= 15 is 0 Å². The smallest absolute Gasteiger partial charge is 0.163 e. The van der Waals surface area contributed by atoms with Crippen molar-refractivity contribution < 1.29 is 0 Å². The summed E-state index contributed by atoms with van der Waals surface area (Å²) >= 11 is 0. The summed E-state index contributed by atoms with van der Waals surface area (Å²) < 4.78 is 4.41. The van der Waals surface area contributed by atoms with Crippen LogP contribution in [0.25, 0.3) is 112 Å². The number of fused-ring (bicyclic) bond motifs is 6. The average Bonchev–Trinajstić information content (AvgIpc) is 3.86. The Kier molecular flexibility index (Phi) is 10.2. The second kappa shape index (κ2) is 16.8. The molecule has 7 aromatic heterocycles.